The van der Waals surface area contributed by atoms with Crippen molar-refractivity contribution >= 4 is 11.8 Å². The molecular weight excluding hydrogens is 264 g/mol. The molecule has 0 saturated heterocycles. The third kappa shape index (κ3) is 6.06. The summed E-state index contributed by atoms with van der Waals surface area (Å²) >= 11 is 0. The van der Waals surface area contributed by atoms with Gasteiger partial charge in [-0.15, -0.1) is 0 Å². The second kappa shape index (κ2) is 9.80. The number of rotatable bonds is 8. The van der Waals surface area contributed by atoms with E-state index in [9.17, 15) is 9.59 Å². The molecule has 1 rings (SSSR count). The fraction of sp³-hybridized carbons (Fsp3) is 0.882. The van der Waals surface area contributed by atoms with Crippen LogP contribution in [0.4, 0.5) is 0 Å². The van der Waals surface area contributed by atoms with Crippen molar-refractivity contribution in [1.29, 1.82) is 0 Å². The lowest BCUT2D eigenvalue weighted by atomic mass is 9.81. The van der Waals surface area contributed by atoms with Crippen molar-refractivity contribution in [3.8, 4) is 0 Å². The highest BCUT2D eigenvalue weighted by Gasteiger charge is 2.30. The second-order valence-electron chi connectivity index (χ2n) is 6.31. The molecule has 1 aliphatic carbocycles. The van der Waals surface area contributed by atoms with Crippen LogP contribution in [-0.4, -0.2) is 36.9 Å². The SMILES string of the molecule is CCCCNC(=O)C1CCC(C(=O)N(C)CCCC)CC1. The average Bonchev–Trinajstić information content (AvgIpc) is 2.52. The molecule has 0 atom stereocenters. The predicted octanol–water partition coefficient (Wildman–Crippen LogP) is 2.97. The van der Waals surface area contributed by atoms with Crippen molar-refractivity contribution in [2.24, 2.45) is 11.8 Å². The molecule has 1 saturated carbocycles. The van der Waals surface area contributed by atoms with E-state index in [-0.39, 0.29) is 23.7 Å². The molecular formula is C17H32N2O2. The van der Waals surface area contributed by atoms with Gasteiger partial charge in [0.2, 0.25) is 11.8 Å². The van der Waals surface area contributed by atoms with E-state index in [1.54, 1.807) is 0 Å². The van der Waals surface area contributed by atoms with Crippen molar-refractivity contribution in [2.75, 3.05) is 20.1 Å². The largest absolute Gasteiger partial charge is 0.356 e. The van der Waals surface area contributed by atoms with Crippen molar-refractivity contribution in [3.05, 3.63) is 0 Å². The number of carbonyl (C=O) groups is 2. The third-order valence-electron chi connectivity index (χ3n) is 4.50. The first-order valence-electron chi connectivity index (χ1n) is 8.62. The molecule has 0 aromatic rings. The summed E-state index contributed by atoms with van der Waals surface area (Å²) < 4.78 is 0. The van der Waals surface area contributed by atoms with Crippen molar-refractivity contribution in [2.45, 2.75) is 65.2 Å². The first-order valence-corrected chi connectivity index (χ1v) is 8.62. The number of amides is 2. The number of nitrogens with zero attached hydrogens (tertiary/aromatic N) is 1. The minimum Gasteiger partial charge on any atom is -0.356 e. The smallest absolute Gasteiger partial charge is 0.225 e. The van der Waals surface area contributed by atoms with Crippen LogP contribution in [0.3, 0.4) is 0 Å². The molecule has 2 amide bonds. The summed E-state index contributed by atoms with van der Waals surface area (Å²) in [4.78, 5) is 26.2. The molecule has 0 spiro atoms. The van der Waals surface area contributed by atoms with Crippen LogP contribution in [0, 0.1) is 11.8 Å². The molecule has 1 fully saturated rings. The van der Waals surface area contributed by atoms with Gasteiger partial charge in [0.25, 0.3) is 0 Å². The maximum Gasteiger partial charge on any atom is 0.225 e. The van der Waals surface area contributed by atoms with Crippen molar-refractivity contribution < 1.29 is 9.59 Å². The first kappa shape index (κ1) is 18.0. The highest BCUT2D eigenvalue weighted by atomic mass is 16.2. The zero-order valence-corrected chi connectivity index (χ0v) is 14.0. The molecule has 0 aromatic heterocycles. The Balaban J connectivity index is 2.31. The monoisotopic (exact) mass is 296 g/mol. The molecule has 21 heavy (non-hydrogen) atoms. The van der Waals surface area contributed by atoms with Gasteiger partial charge in [-0.1, -0.05) is 26.7 Å². The number of hydrogen-bond acceptors (Lipinski definition) is 2. The molecule has 4 nitrogen and oxygen atoms in total. The van der Waals surface area contributed by atoms with Crippen LogP contribution < -0.4 is 5.32 Å². The van der Waals surface area contributed by atoms with Gasteiger partial charge in [-0.3, -0.25) is 9.59 Å². The molecule has 4 heteroatoms. The average molecular weight is 296 g/mol. The number of unbranched alkanes of at least 4 members (excludes halogenated alkanes) is 2. The van der Waals surface area contributed by atoms with Crippen molar-refractivity contribution in [3.63, 3.8) is 0 Å². The van der Waals surface area contributed by atoms with Gasteiger partial charge in [0.05, 0.1) is 0 Å². The zero-order valence-electron chi connectivity index (χ0n) is 14.0. The normalized spacial score (nSPS) is 21.9. The Morgan fingerprint density at radius 1 is 1.00 bits per heavy atom. The summed E-state index contributed by atoms with van der Waals surface area (Å²) in [5, 5.41) is 3.01. The quantitative estimate of drug-likeness (QED) is 0.700. The van der Waals surface area contributed by atoms with Crippen LogP contribution in [-0.2, 0) is 9.59 Å². The Bertz CT molecular complexity index is 323. The fourth-order valence-electron chi connectivity index (χ4n) is 2.95. The Hall–Kier alpha value is -1.06. The molecule has 0 aliphatic heterocycles. The molecule has 0 heterocycles. The summed E-state index contributed by atoms with van der Waals surface area (Å²) in [5.41, 5.74) is 0. The Kier molecular flexibility index (Phi) is 8.40. The van der Waals surface area contributed by atoms with Gasteiger partial charge in [0, 0.05) is 32.0 Å². The van der Waals surface area contributed by atoms with E-state index in [0.29, 0.717) is 0 Å². The number of nitrogens with one attached hydrogen (secondary N) is 1. The lowest BCUT2D eigenvalue weighted by molar-refractivity contribution is -0.137. The van der Waals surface area contributed by atoms with E-state index >= 15 is 0 Å². The maximum atomic E-state index is 12.3. The zero-order chi connectivity index (χ0) is 15.7. The molecule has 0 radical (unpaired) electrons. The Morgan fingerprint density at radius 3 is 2.14 bits per heavy atom. The molecule has 1 aliphatic rings. The number of carbonyl (C=O) groups excluding carboxylic acids is 2. The molecule has 122 valence electrons. The second-order valence-corrected chi connectivity index (χ2v) is 6.31. The number of hydrogen-bond donors (Lipinski definition) is 1. The summed E-state index contributed by atoms with van der Waals surface area (Å²) in [7, 11) is 1.90. The van der Waals surface area contributed by atoms with Gasteiger partial charge in [-0.05, 0) is 38.5 Å². The van der Waals surface area contributed by atoms with E-state index < -0.39 is 0 Å². The summed E-state index contributed by atoms with van der Waals surface area (Å²) in [6.45, 7) is 5.90. The standard InChI is InChI=1S/C17H32N2O2/c1-4-6-12-18-16(20)14-8-10-15(11-9-14)17(21)19(3)13-7-5-2/h14-15H,4-13H2,1-3H3,(H,18,20). The minimum absolute atomic E-state index is 0.117. The fourth-order valence-corrected chi connectivity index (χ4v) is 2.95. The van der Waals surface area contributed by atoms with Crippen molar-refractivity contribution in [1.82, 2.24) is 10.2 Å². The maximum absolute atomic E-state index is 12.3. The van der Waals surface area contributed by atoms with E-state index in [1.807, 2.05) is 11.9 Å². The molecule has 0 unspecified atom stereocenters. The summed E-state index contributed by atoms with van der Waals surface area (Å²) in [6, 6.07) is 0. The van der Waals surface area contributed by atoms with E-state index in [1.165, 1.54) is 0 Å². The van der Waals surface area contributed by atoms with E-state index in [2.05, 4.69) is 19.2 Å². The van der Waals surface area contributed by atoms with Crippen LogP contribution in [0.2, 0.25) is 0 Å². The molecule has 0 bridgehead atoms. The predicted molar refractivity (Wildman–Crippen MR) is 85.9 cm³/mol. The Labute approximate surface area is 129 Å². The van der Waals surface area contributed by atoms with E-state index in [4.69, 9.17) is 0 Å². The van der Waals surface area contributed by atoms with Crippen LogP contribution in [0.1, 0.15) is 65.2 Å². The highest BCUT2D eigenvalue weighted by Crippen LogP contribution is 2.30. The van der Waals surface area contributed by atoms with Crippen LogP contribution >= 0.6 is 0 Å². The Morgan fingerprint density at radius 2 is 1.57 bits per heavy atom. The first-order chi connectivity index (χ1) is 10.1. The summed E-state index contributed by atoms with van der Waals surface area (Å²) in [5.74, 6) is 0.709. The van der Waals surface area contributed by atoms with E-state index in [0.717, 1.165) is 64.5 Å². The van der Waals surface area contributed by atoms with Gasteiger partial charge in [0.1, 0.15) is 0 Å². The van der Waals surface area contributed by atoms with Gasteiger partial charge in [-0.2, -0.15) is 0 Å². The van der Waals surface area contributed by atoms with Gasteiger partial charge in [-0.25, -0.2) is 0 Å². The third-order valence-corrected chi connectivity index (χ3v) is 4.50. The van der Waals surface area contributed by atoms with Gasteiger partial charge < -0.3 is 10.2 Å². The molecule has 1 N–H and O–H groups in total. The molecule has 0 aromatic carbocycles. The highest BCUT2D eigenvalue weighted by molar-refractivity contribution is 5.81. The van der Waals surface area contributed by atoms with Crippen LogP contribution in [0.25, 0.3) is 0 Å². The van der Waals surface area contributed by atoms with Gasteiger partial charge >= 0.3 is 0 Å². The summed E-state index contributed by atoms with van der Waals surface area (Å²) in [6.07, 6.45) is 7.77. The van der Waals surface area contributed by atoms with Crippen LogP contribution in [0.5, 0.6) is 0 Å². The van der Waals surface area contributed by atoms with Crippen LogP contribution in [0.15, 0.2) is 0 Å². The lowest BCUT2D eigenvalue weighted by Crippen LogP contribution is -2.38. The van der Waals surface area contributed by atoms with Gasteiger partial charge in [0.15, 0.2) is 0 Å². The lowest BCUT2D eigenvalue weighted by Gasteiger charge is -2.30. The minimum atomic E-state index is 0.117. The topological polar surface area (TPSA) is 49.4 Å².